The van der Waals surface area contributed by atoms with E-state index in [4.69, 9.17) is 10.1 Å². The van der Waals surface area contributed by atoms with Gasteiger partial charge in [-0.15, -0.1) is 0 Å². The van der Waals surface area contributed by atoms with Crippen LogP contribution in [0, 0.1) is 5.82 Å². The van der Waals surface area contributed by atoms with Crippen molar-refractivity contribution >= 4 is 27.8 Å². The number of pyridine rings is 1. The summed E-state index contributed by atoms with van der Waals surface area (Å²) in [5, 5.41) is 9.26. The Kier molecular flexibility index (Phi) is 7.53. The van der Waals surface area contributed by atoms with Gasteiger partial charge in [0, 0.05) is 23.3 Å². The quantitative estimate of drug-likeness (QED) is 0.163. The number of benzene rings is 5. The number of carbonyl (C=O) groups excluding carboxylic acids is 1. The number of aromatic nitrogens is 5. The molecule has 5 aromatic carbocycles. The Morgan fingerprint density at radius 1 is 0.776 bits per heavy atom. The average molecular weight is 643 g/mol. The largest absolute Gasteiger partial charge is 0.343 e. The van der Waals surface area contributed by atoms with Gasteiger partial charge in [-0.2, -0.15) is 5.10 Å². The molecular formula is C41H31FN6O. The number of nitrogens with zero attached hydrogens (tertiary/aromatic N) is 4. The monoisotopic (exact) mass is 642 g/mol. The maximum atomic E-state index is 13.9. The summed E-state index contributed by atoms with van der Waals surface area (Å²) < 4.78 is 16.0. The van der Waals surface area contributed by atoms with Crippen molar-refractivity contribution in [2.75, 3.05) is 0 Å². The van der Waals surface area contributed by atoms with Crippen LogP contribution in [0.15, 0.2) is 152 Å². The highest BCUT2D eigenvalue weighted by Crippen LogP contribution is 2.44. The van der Waals surface area contributed by atoms with Crippen molar-refractivity contribution in [3.05, 3.63) is 186 Å². The third-order valence-electron chi connectivity index (χ3n) is 9.04. The van der Waals surface area contributed by atoms with E-state index in [1.54, 1.807) is 24.5 Å². The molecule has 2 N–H and O–H groups in total. The summed E-state index contributed by atoms with van der Waals surface area (Å²) >= 11 is 0. The molecule has 0 saturated heterocycles. The number of carbonyl (C=O) groups is 1. The Morgan fingerprint density at radius 2 is 1.39 bits per heavy atom. The molecule has 1 atom stereocenters. The zero-order valence-corrected chi connectivity index (χ0v) is 26.6. The molecule has 8 aromatic rings. The van der Waals surface area contributed by atoms with Gasteiger partial charge in [0.1, 0.15) is 17.1 Å². The number of halogens is 1. The van der Waals surface area contributed by atoms with Crippen LogP contribution in [0.1, 0.15) is 45.8 Å². The fraction of sp³-hybridized carbons (Fsp3) is 0.0732. The number of aromatic amines is 1. The number of H-pyrrole nitrogens is 1. The summed E-state index contributed by atoms with van der Waals surface area (Å²) in [6.07, 6.45) is 3.52. The molecule has 0 aliphatic rings. The van der Waals surface area contributed by atoms with E-state index in [1.165, 1.54) is 12.1 Å². The van der Waals surface area contributed by atoms with E-state index in [-0.39, 0.29) is 17.5 Å². The molecule has 0 bridgehead atoms. The second-order valence-corrected chi connectivity index (χ2v) is 12.0. The Bertz CT molecular complexity index is 2310. The summed E-state index contributed by atoms with van der Waals surface area (Å²) in [6, 6.07) is 44.8. The molecule has 0 saturated carbocycles. The number of amides is 1. The van der Waals surface area contributed by atoms with Gasteiger partial charge in [0.05, 0.1) is 22.6 Å². The Labute approximate surface area is 282 Å². The van der Waals surface area contributed by atoms with Gasteiger partial charge >= 0.3 is 0 Å². The van der Waals surface area contributed by atoms with Gasteiger partial charge in [-0.05, 0) is 65.6 Å². The molecule has 49 heavy (non-hydrogen) atoms. The van der Waals surface area contributed by atoms with Crippen molar-refractivity contribution in [2.24, 2.45) is 0 Å². The first-order valence-electron chi connectivity index (χ1n) is 16.1. The van der Waals surface area contributed by atoms with Crippen LogP contribution in [0.25, 0.3) is 33.2 Å². The summed E-state index contributed by atoms with van der Waals surface area (Å²) in [5.74, 6) is -0.581. The van der Waals surface area contributed by atoms with E-state index < -0.39 is 11.6 Å². The third-order valence-corrected chi connectivity index (χ3v) is 9.04. The zero-order chi connectivity index (χ0) is 33.4. The average Bonchev–Trinajstić information content (AvgIpc) is 3.74. The minimum Gasteiger partial charge on any atom is -0.343 e. The van der Waals surface area contributed by atoms with Crippen LogP contribution in [-0.4, -0.2) is 30.6 Å². The molecule has 0 aliphatic carbocycles. The molecular weight excluding hydrogens is 611 g/mol. The van der Waals surface area contributed by atoms with E-state index in [1.807, 2.05) is 85.8 Å². The lowest BCUT2D eigenvalue weighted by Gasteiger charge is -2.37. The van der Waals surface area contributed by atoms with Crippen molar-refractivity contribution in [3.8, 4) is 11.3 Å². The standard InChI is InChI=1S/C41H31FN6O/c1-27(29-12-11-19-33(42)24-29)44-40(49)39-45-35-25-34-37(26-36(35)46-39)48(47-38(34)28-20-22-43-23-21-28)41(30-13-5-2-6-14-30,31-15-7-3-8-16-31)32-17-9-4-10-18-32/h2-27H,1H3,(H,44,49)(H,45,46)/t27-/m1/s1. The highest BCUT2D eigenvalue weighted by atomic mass is 19.1. The van der Waals surface area contributed by atoms with Crippen LogP contribution >= 0.6 is 0 Å². The van der Waals surface area contributed by atoms with E-state index >= 15 is 0 Å². The van der Waals surface area contributed by atoms with Crippen molar-refractivity contribution in [1.82, 2.24) is 30.0 Å². The molecule has 0 spiro atoms. The maximum Gasteiger partial charge on any atom is 0.287 e. The van der Waals surface area contributed by atoms with Gasteiger partial charge in [-0.25, -0.2) is 14.1 Å². The van der Waals surface area contributed by atoms with Gasteiger partial charge in [0.25, 0.3) is 5.91 Å². The minimum atomic E-state index is -0.873. The maximum absolute atomic E-state index is 13.9. The summed E-state index contributed by atoms with van der Waals surface area (Å²) in [7, 11) is 0. The predicted octanol–water partition coefficient (Wildman–Crippen LogP) is 8.44. The first-order valence-corrected chi connectivity index (χ1v) is 16.1. The molecule has 238 valence electrons. The number of rotatable bonds is 8. The number of imidazole rings is 1. The normalized spacial score (nSPS) is 12.3. The van der Waals surface area contributed by atoms with E-state index in [2.05, 4.69) is 56.4 Å². The molecule has 0 unspecified atom stereocenters. The minimum absolute atomic E-state index is 0.163. The van der Waals surface area contributed by atoms with E-state index in [0.717, 1.165) is 38.9 Å². The SMILES string of the molecule is C[C@@H](NC(=O)c1nc2cc3c(-c4ccncc4)nn(C(c4ccccc4)(c4ccccc4)c4ccccc4)c3cc2[nH]1)c1cccc(F)c1. The van der Waals surface area contributed by atoms with E-state index in [9.17, 15) is 9.18 Å². The molecule has 1 amide bonds. The van der Waals surface area contributed by atoms with Crippen LogP contribution in [0.2, 0.25) is 0 Å². The summed E-state index contributed by atoms with van der Waals surface area (Å²) in [5.41, 5.74) is 6.71. The van der Waals surface area contributed by atoms with Crippen molar-refractivity contribution < 1.29 is 9.18 Å². The van der Waals surface area contributed by atoms with Gasteiger partial charge < -0.3 is 10.3 Å². The number of hydrogen-bond acceptors (Lipinski definition) is 4. The van der Waals surface area contributed by atoms with Gasteiger partial charge in [-0.1, -0.05) is 103 Å². The predicted molar refractivity (Wildman–Crippen MR) is 190 cm³/mol. The lowest BCUT2D eigenvalue weighted by molar-refractivity contribution is 0.0930. The Morgan fingerprint density at radius 3 is 1.98 bits per heavy atom. The van der Waals surface area contributed by atoms with Gasteiger partial charge in [0.2, 0.25) is 0 Å². The van der Waals surface area contributed by atoms with Crippen LogP contribution in [0.4, 0.5) is 4.39 Å². The highest BCUT2D eigenvalue weighted by Gasteiger charge is 2.41. The fourth-order valence-corrected chi connectivity index (χ4v) is 6.73. The third kappa shape index (κ3) is 5.23. The Hall–Kier alpha value is -6.41. The second kappa shape index (κ2) is 12.3. The lowest BCUT2D eigenvalue weighted by Crippen LogP contribution is -2.38. The molecule has 0 radical (unpaired) electrons. The zero-order valence-electron chi connectivity index (χ0n) is 26.6. The smallest absolute Gasteiger partial charge is 0.287 e. The van der Waals surface area contributed by atoms with Crippen LogP contribution in [-0.2, 0) is 5.54 Å². The first-order chi connectivity index (χ1) is 24.0. The summed E-state index contributed by atoms with van der Waals surface area (Å²) in [6.45, 7) is 1.82. The topological polar surface area (TPSA) is 88.5 Å². The van der Waals surface area contributed by atoms with Crippen molar-refractivity contribution in [3.63, 3.8) is 0 Å². The molecule has 0 fully saturated rings. The van der Waals surface area contributed by atoms with Gasteiger partial charge in [0.15, 0.2) is 5.82 Å². The van der Waals surface area contributed by atoms with Gasteiger partial charge in [-0.3, -0.25) is 9.78 Å². The summed E-state index contributed by atoms with van der Waals surface area (Å²) in [4.78, 5) is 25.7. The highest BCUT2D eigenvalue weighted by molar-refractivity contribution is 6.03. The number of fused-ring (bicyclic) bond motifs is 2. The molecule has 8 heteroatoms. The fourth-order valence-electron chi connectivity index (χ4n) is 6.73. The first kappa shape index (κ1) is 30.0. The molecule has 3 aromatic heterocycles. The van der Waals surface area contributed by atoms with Crippen molar-refractivity contribution in [2.45, 2.75) is 18.5 Å². The van der Waals surface area contributed by atoms with Crippen LogP contribution < -0.4 is 5.32 Å². The lowest BCUT2D eigenvalue weighted by atomic mass is 9.77. The van der Waals surface area contributed by atoms with Crippen LogP contribution in [0.3, 0.4) is 0 Å². The second-order valence-electron chi connectivity index (χ2n) is 12.0. The number of hydrogen-bond donors (Lipinski definition) is 2. The van der Waals surface area contributed by atoms with E-state index in [0.29, 0.717) is 16.6 Å². The molecule has 8 rings (SSSR count). The molecule has 0 aliphatic heterocycles. The van der Waals surface area contributed by atoms with Crippen molar-refractivity contribution in [1.29, 1.82) is 0 Å². The molecule has 3 heterocycles. The Balaban J connectivity index is 1.37. The van der Waals surface area contributed by atoms with Crippen LogP contribution in [0.5, 0.6) is 0 Å². The number of nitrogens with one attached hydrogen (secondary N) is 2. The molecule has 7 nitrogen and oxygen atoms in total.